The molecule has 2 N–H and O–H groups in total. The number of pyridine rings is 1. The Hall–Kier alpha value is -0.930. The monoisotopic (exact) mass is 221 g/mol. The summed E-state index contributed by atoms with van der Waals surface area (Å²) in [6.07, 6.45) is 1.15. The van der Waals surface area contributed by atoms with Crippen LogP contribution in [0.15, 0.2) is 18.2 Å². The molecule has 1 aromatic heterocycles. The van der Waals surface area contributed by atoms with E-state index in [1.807, 2.05) is 13.0 Å². The second-order valence-corrected chi connectivity index (χ2v) is 4.64. The molecule has 0 amide bonds. The molecule has 90 valence electrons. The summed E-state index contributed by atoms with van der Waals surface area (Å²) in [6, 6.07) is 6.17. The summed E-state index contributed by atoms with van der Waals surface area (Å²) >= 11 is 0. The Kier molecular flexibility index (Phi) is 5.43. The average molecular weight is 221 g/mol. The van der Waals surface area contributed by atoms with Gasteiger partial charge in [-0.3, -0.25) is 4.98 Å². The molecule has 0 fully saturated rings. The molecule has 0 spiro atoms. The molecule has 0 aliphatic heterocycles. The molecule has 0 aromatic carbocycles. The van der Waals surface area contributed by atoms with Gasteiger partial charge >= 0.3 is 0 Å². The van der Waals surface area contributed by atoms with Gasteiger partial charge in [0.2, 0.25) is 0 Å². The fourth-order valence-electron chi connectivity index (χ4n) is 1.60. The summed E-state index contributed by atoms with van der Waals surface area (Å²) in [6.45, 7) is 6.99. The van der Waals surface area contributed by atoms with Crippen molar-refractivity contribution in [2.75, 3.05) is 20.1 Å². The van der Waals surface area contributed by atoms with Gasteiger partial charge in [0.15, 0.2) is 0 Å². The molecular formula is C13H23N3. The quantitative estimate of drug-likeness (QED) is 0.796. The minimum atomic E-state index is 0.605. The first kappa shape index (κ1) is 13.1. The van der Waals surface area contributed by atoms with Crippen molar-refractivity contribution in [3.63, 3.8) is 0 Å². The number of rotatable bonds is 6. The topological polar surface area (TPSA) is 42.1 Å². The second kappa shape index (κ2) is 6.61. The normalized spacial score (nSPS) is 13.1. The zero-order chi connectivity index (χ0) is 12.0. The van der Waals surface area contributed by atoms with Crippen LogP contribution >= 0.6 is 0 Å². The maximum absolute atomic E-state index is 5.60. The van der Waals surface area contributed by atoms with Gasteiger partial charge in [-0.15, -0.1) is 0 Å². The maximum Gasteiger partial charge on any atom is 0.0547 e. The number of hydrogen-bond acceptors (Lipinski definition) is 3. The molecule has 3 nitrogen and oxygen atoms in total. The van der Waals surface area contributed by atoms with Gasteiger partial charge in [-0.25, -0.2) is 0 Å². The van der Waals surface area contributed by atoms with Crippen molar-refractivity contribution in [2.45, 2.75) is 26.8 Å². The van der Waals surface area contributed by atoms with Gasteiger partial charge in [0.25, 0.3) is 0 Å². The van der Waals surface area contributed by atoms with Crippen LogP contribution in [0.1, 0.15) is 24.7 Å². The minimum Gasteiger partial charge on any atom is -0.330 e. The zero-order valence-corrected chi connectivity index (χ0v) is 10.6. The lowest BCUT2D eigenvalue weighted by molar-refractivity contribution is 0.297. The molecule has 3 heteroatoms. The largest absolute Gasteiger partial charge is 0.330 e. The van der Waals surface area contributed by atoms with Crippen molar-refractivity contribution in [1.82, 2.24) is 9.88 Å². The van der Waals surface area contributed by atoms with E-state index in [1.165, 1.54) is 0 Å². The number of hydrogen-bond donors (Lipinski definition) is 1. The van der Waals surface area contributed by atoms with E-state index in [4.69, 9.17) is 5.73 Å². The molecule has 0 radical (unpaired) electrons. The molecule has 0 aliphatic rings. The fraction of sp³-hybridized carbons (Fsp3) is 0.615. The van der Waals surface area contributed by atoms with Crippen molar-refractivity contribution in [3.8, 4) is 0 Å². The van der Waals surface area contributed by atoms with Gasteiger partial charge < -0.3 is 10.6 Å². The third kappa shape index (κ3) is 4.73. The van der Waals surface area contributed by atoms with Crippen LogP contribution in [-0.2, 0) is 6.54 Å². The number of nitrogens with zero attached hydrogens (tertiary/aromatic N) is 2. The number of nitrogens with two attached hydrogens (primary N) is 1. The van der Waals surface area contributed by atoms with E-state index < -0.39 is 0 Å². The van der Waals surface area contributed by atoms with E-state index >= 15 is 0 Å². The molecular weight excluding hydrogens is 198 g/mol. The Morgan fingerprint density at radius 3 is 2.81 bits per heavy atom. The highest BCUT2D eigenvalue weighted by atomic mass is 15.1. The van der Waals surface area contributed by atoms with Gasteiger partial charge in [-0.1, -0.05) is 13.0 Å². The van der Waals surface area contributed by atoms with Crippen LogP contribution in [0, 0.1) is 12.8 Å². The molecule has 1 atom stereocenters. The Balaban J connectivity index is 2.36. The van der Waals surface area contributed by atoms with Gasteiger partial charge in [-0.05, 0) is 51.5 Å². The van der Waals surface area contributed by atoms with Crippen LogP contribution in [0.5, 0.6) is 0 Å². The van der Waals surface area contributed by atoms with Crippen molar-refractivity contribution in [2.24, 2.45) is 11.7 Å². The molecule has 0 aliphatic carbocycles. The molecule has 1 rings (SSSR count). The predicted octanol–water partition coefficient (Wildman–Crippen LogP) is 1.81. The minimum absolute atomic E-state index is 0.605. The molecule has 0 bridgehead atoms. The van der Waals surface area contributed by atoms with Crippen LogP contribution in [0.3, 0.4) is 0 Å². The fourth-order valence-corrected chi connectivity index (χ4v) is 1.60. The van der Waals surface area contributed by atoms with Crippen LogP contribution in [-0.4, -0.2) is 30.0 Å². The summed E-state index contributed by atoms with van der Waals surface area (Å²) in [4.78, 5) is 6.79. The van der Waals surface area contributed by atoms with Gasteiger partial charge in [-0.2, -0.15) is 0 Å². The van der Waals surface area contributed by atoms with Crippen molar-refractivity contribution >= 4 is 0 Å². The Morgan fingerprint density at radius 2 is 2.19 bits per heavy atom. The molecule has 16 heavy (non-hydrogen) atoms. The third-order valence-corrected chi connectivity index (χ3v) is 2.78. The lowest BCUT2D eigenvalue weighted by Gasteiger charge is -2.18. The first-order chi connectivity index (χ1) is 7.61. The molecule has 0 saturated carbocycles. The molecule has 1 unspecified atom stereocenters. The van der Waals surface area contributed by atoms with E-state index in [2.05, 4.69) is 36.0 Å². The summed E-state index contributed by atoms with van der Waals surface area (Å²) < 4.78 is 0. The SMILES string of the molecule is Cc1cccc(CN(C)CCC(C)CN)n1. The predicted molar refractivity (Wildman–Crippen MR) is 68.1 cm³/mol. The Bertz CT molecular complexity index is 312. The maximum atomic E-state index is 5.60. The van der Waals surface area contributed by atoms with Crippen LogP contribution in [0.25, 0.3) is 0 Å². The standard InChI is InChI=1S/C13H23N3/c1-11(9-14)7-8-16(3)10-13-6-4-5-12(2)15-13/h4-6,11H,7-10,14H2,1-3H3. The number of aromatic nitrogens is 1. The summed E-state index contributed by atoms with van der Waals surface area (Å²) in [5.74, 6) is 0.605. The van der Waals surface area contributed by atoms with Crippen LogP contribution < -0.4 is 5.73 Å². The van der Waals surface area contributed by atoms with Crippen molar-refractivity contribution < 1.29 is 0 Å². The van der Waals surface area contributed by atoms with Crippen LogP contribution in [0.4, 0.5) is 0 Å². The zero-order valence-electron chi connectivity index (χ0n) is 10.6. The first-order valence-corrected chi connectivity index (χ1v) is 5.93. The second-order valence-electron chi connectivity index (χ2n) is 4.64. The molecule has 0 saturated heterocycles. The third-order valence-electron chi connectivity index (χ3n) is 2.78. The van der Waals surface area contributed by atoms with Gasteiger partial charge in [0, 0.05) is 12.2 Å². The van der Waals surface area contributed by atoms with Crippen molar-refractivity contribution in [1.29, 1.82) is 0 Å². The summed E-state index contributed by atoms with van der Waals surface area (Å²) in [5, 5.41) is 0. The van der Waals surface area contributed by atoms with E-state index in [0.29, 0.717) is 5.92 Å². The smallest absolute Gasteiger partial charge is 0.0547 e. The molecule has 1 heterocycles. The van der Waals surface area contributed by atoms with E-state index in [9.17, 15) is 0 Å². The average Bonchev–Trinajstić information content (AvgIpc) is 2.26. The molecule has 1 aromatic rings. The lowest BCUT2D eigenvalue weighted by Crippen LogP contribution is -2.23. The first-order valence-electron chi connectivity index (χ1n) is 5.93. The van der Waals surface area contributed by atoms with Gasteiger partial charge in [0.05, 0.1) is 5.69 Å². The Morgan fingerprint density at radius 1 is 1.44 bits per heavy atom. The van der Waals surface area contributed by atoms with E-state index in [0.717, 1.165) is 37.4 Å². The summed E-state index contributed by atoms with van der Waals surface area (Å²) in [5.41, 5.74) is 7.83. The van der Waals surface area contributed by atoms with E-state index in [1.54, 1.807) is 0 Å². The van der Waals surface area contributed by atoms with Crippen molar-refractivity contribution in [3.05, 3.63) is 29.6 Å². The highest BCUT2D eigenvalue weighted by molar-refractivity contribution is 5.09. The highest BCUT2D eigenvalue weighted by Gasteiger charge is 2.04. The van der Waals surface area contributed by atoms with Crippen LogP contribution in [0.2, 0.25) is 0 Å². The summed E-state index contributed by atoms with van der Waals surface area (Å²) in [7, 11) is 2.13. The Labute approximate surface area is 98.7 Å². The van der Waals surface area contributed by atoms with E-state index in [-0.39, 0.29) is 0 Å². The van der Waals surface area contributed by atoms with Gasteiger partial charge in [0.1, 0.15) is 0 Å². The lowest BCUT2D eigenvalue weighted by atomic mass is 10.1. The number of aryl methyl sites for hydroxylation is 1. The highest BCUT2D eigenvalue weighted by Crippen LogP contribution is 2.05.